The van der Waals surface area contributed by atoms with Gasteiger partial charge in [-0.25, -0.2) is 9.97 Å². The number of pyridine rings is 1. The van der Waals surface area contributed by atoms with Gasteiger partial charge in [0.15, 0.2) is 0 Å². The Hall–Kier alpha value is -2.70. The van der Waals surface area contributed by atoms with Gasteiger partial charge in [-0.1, -0.05) is 6.07 Å². The summed E-state index contributed by atoms with van der Waals surface area (Å²) >= 11 is 0. The van der Waals surface area contributed by atoms with Crippen LogP contribution in [-0.2, 0) is 11.3 Å². The Labute approximate surface area is 166 Å². The number of nitrogens with zero attached hydrogens (tertiary/aromatic N) is 4. The minimum atomic E-state index is 0.0979. The second-order valence-electron chi connectivity index (χ2n) is 7.77. The Bertz CT molecular complexity index is 779. The van der Waals surface area contributed by atoms with Crippen molar-refractivity contribution in [2.24, 2.45) is 5.92 Å². The monoisotopic (exact) mass is 380 g/mol. The molecule has 1 aliphatic heterocycles. The summed E-state index contributed by atoms with van der Waals surface area (Å²) in [6, 6.07) is 8.38. The van der Waals surface area contributed by atoms with Gasteiger partial charge in [-0.05, 0) is 50.2 Å². The molecule has 3 heterocycles. The topological polar surface area (TPSA) is 83.0 Å². The second kappa shape index (κ2) is 8.99. The molecule has 2 fully saturated rings. The number of rotatable bonds is 8. The van der Waals surface area contributed by atoms with E-state index in [0.717, 1.165) is 43.3 Å². The van der Waals surface area contributed by atoms with Gasteiger partial charge >= 0.3 is 0 Å². The normalized spacial score (nSPS) is 19.3. The smallest absolute Gasteiger partial charge is 0.220 e. The van der Waals surface area contributed by atoms with Crippen LogP contribution in [0.1, 0.15) is 44.2 Å². The third kappa shape index (κ3) is 5.41. The molecule has 0 radical (unpaired) electrons. The first-order chi connectivity index (χ1) is 13.8. The Balaban J connectivity index is 1.24. The number of carbonyl (C=O) groups excluding carboxylic acids is 1. The number of piperidine rings is 1. The van der Waals surface area contributed by atoms with Crippen LogP contribution in [0.15, 0.2) is 36.8 Å². The van der Waals surface area contributed by atoms with Gasteiger partial charge in [0.2, 0.25) is 5.91 Å². The van der Waals surface area contributed by atoms with Gasteiger partial charge in [-0.15, -0.1) is 0 Å². The van der Waals surface area contributed by atoms with Crippen molar-refractivity contribution in [1.82, 2.24) is 20.3 Å². The van der Waals surface area contributed by atoms with Crippen molar-refractivity contribution in [2.75, 3.05) is 23.3 Å². The van der Waals surface area contributed by atoms with Gasteiger partial charge < -0.3 is 15.5 Å². The van der Waals surface area contributed by atoms with E-state index in [1.54, 1.807) is 12.5 Å². The molecule has 0 bridgehead atoms. The standard InChI is InChI=1S/C21H28N6O/c28-21(23-13-18-5-1-2-10-22-18)9-6-16-4-3-11-27(14-16)20-12-19(24-15-25-20)26-17-7-8-17/h1-2,5,10,12,15-17H,3-4,6-9,11,13-14H2,(H,23,28)(H,24,25,26). The fourth-order valence-corrected chi connectivity index (χ4v) is 3.66. The largest absolute Gasteiger partial charge is 0.367 e. The number of aromatic nitrogens is 3. The van der Waals surface area contributed by atoms with Crippen LogP contribution in [0.2, 0.25) is 0 Å². The first-order valence-corrected chi connectivity index (χ1v) is 10.3. The van der Waals surface area contributed by atoms with Gasteiger partial charge in [0.1, 0.15) is 18.0 Å². The lowest BCUT2D eigenvalue weighted by atomic mass is 9.93. The van der Waals surface area contributed by atoms with E-state index in [0.29, 0.717) is 24.9 Å². The Morgan fingerprint density at radius 1 is 1.18 bits per heavy atom. The van der Waals surface area contributed by atoms with Gasteiger partial charge in [0.05, 0.1) is 12.2 Å². The van der Waals surface area contributed by atoms with Gasteiger partial charge in [0.25, 0.3) is 0 Å². The molecule has 0 aromatic carbocycles. The highest BCUT2D eigenvalue weighted by Gasteiger charge is 2.24. The summed E-state index contributed by atoms with van der Waals surface area (Å²) in [5, 5.41) is 6.41. The molecule has 2 aromatic rings. The van der Waals surface area contributed by atoms with Crippen LogP contribution < -0.4 is 15.5 Å². The number of hydrogen-bond donors (Lipinski definition) is 2. The minimum absolute atomic E-state index is 0.0979. The zero-order valence-electron chi connectivity index (χ0n) is 16.2. The lowest BCUT2D eigenvalue weighted by molar-refractivity contribution is -0.121. The summed E-state index contributed by atoms with van der Waals surface area (Å²) in [5.41, 5.74) is 0.888. The van der Waals surface area contributed by atoms with E-state index in [1.807, 2.05) is 18.2 Å². The molecule has 28 heavy (non-hydrogen) atoms. The van der Waals surface area contributed by atoms with E-state index in [-0.39, 0.29) is 5.91 Å². The number of anilines is 2. The van der Waals surface area contributed by atoms with Crippen LogP contribution in [0, 0.1) is 5.92 Å². The lowest BCUT2D eigenvalue weighted by Crippen LogP contribution is -2.36. The average Bonchev–Trinajstić information content (AvgIpc) is 3.56. The summed E-state index contributed by atoms with van der Waals surface area (Å²) in [5.74, 6) is 2.52. The van der Waals surface area contributed by atoms with Crippen molar-refractivity contribution >= 4 is 17.5 Å². The summed E-state index contributed by atoms with van der Waals surface area (Å²) in [4.78, 5) is 27.6. The molecule has 1 aliphatic carbocycles. The zero-order valence-corrected chi connectivity index (χ0v) is 16.2. The van der Waals surface area contributed by atoms with Crippen molar-refractivity contribution in [2.45, 2.75) is 51.1 Å². The summed E-state index contributed by atoms with van der Waals surface area (Å²) < 4.78 is 0. The van der Waals surface area contributed by atoms with Crippen molar-refractivity contribution in [3.63, 3.8) is 0 Å². The van der Waals surface area contributed by atoms with Crippen LogP contribution in [0.5, 0.6) is 0 Å². The molecule has 2 aromatic heterocycles. The van der Waals surface area contributed by atoms with E-state index in [2.05, 4.69) is 36.6 Å². The highest BCUT2D eigenvalue weighted by atomic mass is 16.1. The van der Waals surface area contributed by atoms with Gasteiger partial charge in [-0.2, -0.15) is 0 Å². The van der Waals surface area contributed by atoms with Crippen molar-refractivity contribution in [3.8, 4) is 0 Å². The number of nitrogens with one attached hydrogen (secondary N) is 2. The van der Waals surface area contributed by atoms with E-state index in [4.69, 9.17) is 0 Å². The number of hydrogen-bond acceptors (Lipinski definition) is 6. The highest BCUT2D eigenvalue weighted by molar-refractivity contribution is 5.75. The highest BCUT2D eigenvalue weighted by Crippen LogP contribution is 2.27. The predicted octanol–water partition coefficient (Wildman–Crippen LogP) is 2.76. The van der Waals surface area contributed by atoms with Crippen molar-refractivity contribution in [1.29, 1.82) is 0 Å². The average molecular weight is 380 g/mol. The predicted molar refractivity (Wildman–Crippen MR) is 109 cm³/mol. The van der Waals surface area contributed by atoms with Gasteiger partial charge in [-0.3, -0.25) is 9.78 Å². The van der Waals surface area contributed by atoms with E-state index < -0.39 is 0 Å². The Morgan fingerprint density at radius 2 is 2.11 bits per heavy atom. The maximum atomic E-state index is 12.2. The molecule has 7 nitrogen and oxygen atoms in total. The molecule has 1 saturated carbocycles. The third-order valence-electron chi connectivity index (χ3n) is 5.40. The van der Waals surface area contributed by atoms with Crippen LogP contribution in [0.4, 0.5) is 11.6 Å². The zero-order chi connectivity index (χ0) is 19.2. The fourth-order valence-electron chi connectivity index (χ4n) is 3.66. The summed E-state index contributed by atoms with van der Waals surface area (Å²) in [7, 11) is 0. The number of amides is 1. The van der Waals surface area contributed by atoms with Crippen molar-refractivity contribution in [3.05, 3.63) is 42.5 Å². The molecule has 0 spiro atoms. The quantitative estimate of drug-likeness (QED) is 0.733. The van der Waals surface area contributed by atoms with Crippen LogP contribution in [0.3, 0.4) is 0 Å². The molecule has 148 valence electrons. The Morgan fingerprint density at radius 3 is 2.93 bits per heavy atom. The molecular formula is C21H28N6O. The maximum Gasteiger partial charge on any atom is 0.220 e. The minimum Gasteiger partial charge on any atom is -0.367 e. The van der Waals surface area contributed by atoms with Crippen LogP contribution >= 0.6 is 0 Å². The molecule has 1 unspecified atom stereocenters. The molecule has 2 N–H and O–H groups in total. The molecule has 1 atom stereocenters. The maximum absolute atomic E-state index is 12.2. The SMILES string of the molecule is O=C(CCC1CCCN(c2cc(NC3CC3)ncn2)C1)NCc1ccccn1. The summed E-state index contributed by atoms with van der Waals surface area (Å²) in [6.07, 6.45) is 9.62. The first kappa shape index (κ1) is 18.7. The molecule has 2 aliphatic rings. The van der Waals surface area contributed by atoms with Crippen molar-refractivity contribution < 1.29 is 4.79 Å². The van der Waals surface area contributed by atoms with E-state index in [1.165, 1.54) is 19.3 Å². The first-order valence-electron chi connectivity index (χ1n) is 10.3. The molecular weight excluding hydrogens is 352 g/mol. The molecule has 1 amide bonds. The molecule has 1 saturated heterocycles. The fraction of sp³-hybridized carbons (Fsp3) is 0.524. The van der Waals surface area contributed by atoms with E-state index >= 15 is 0 Å². The van der Waals surface area contributed by atoms with Crippen LogP contribution in [0.25, 0.3) is 0 Å². The third-order valence-corrected chi connectivity index (χ3v) is 5.40. The van der Waals surface area contributed by atoms with Crippen LogP contribution in [-0.4, -0.2) is 40.0 Å². The Kier molecular flexibility index (Phi) is 5.99. The number of carbonyl (C=O) groups is 1. The second-order valence-corrected chi connectivity index (χ2v) is 7.77. The lowest BCUT2D eigenvalue weighted by Gasteiger charge is -2.33. The molecule has 7 heteroatoms. The van der Waals surface area contributed by atoms with Gasteiger partial charge in [0, 0.05) is 37.8 Å². The molecule has 4 rings (SSSR count). The van der Waals surface area contributed by atoms with E-state index in [9.17, 15) is 4.79 Å². The summed E-state index contributed by atoms with van der Waals surface area (Å²) in [6.45, 7) is 2.46.